The lowest BCUT2D eigenvalue weighted by molar-refractivity contribution is -0.115. The zero-order chi connectivity index (χ0) is 18.8. The van der Waals surface area contributed by atoms with Gasteiger partial charge in [0.2, 0.25) is 11.9 Å². The minimum absolute atomic E-state index is 0.109. The number of aromatic amines is 1. The smallest absolute Gasteiger partial charge is 0.237 e. The van der Waals surface area contributed by atoms with Gasteiger partial charge >= 0.3 is 0 Å². The number of carbonyl (C=O) groups is 1. The molecule has 0 bridgehead atoms. The Kier molecular flexibility index (Phi) is 4.59. The molecule has 136 valence electrons. The minimum atomic E-state index is -0.342. The molecular weight excluding hydrogens is 362 g/mol. The third kappa shape index (κ3) is 3.54. The van der Waals surface area contributed by atoms with Crippen molar-refractivity contribution in [3.8, 4) is 0 Å². The lowest BCUT2D eigenvalue weighted by Crippen LogP contribution is -2.24. The Hall–Kier alpha value is -3.20. The molecule has 4 N–H and O–H groups in total. The van der Waals surface area contributed by atoms with E-state index in [1.54, 1.807) is 6.20 Å². The van der Waals surface area contributed by atoms with Gasteiger partial charge in [-0.15, -0.1) is 0 Å². The van der Waals surface area contributed by atoms with Crippen molar-refractivity contribution in [2.75, 3.05) is 11.1 Å². The molecule has 27 heavy (non-hydrogen) atoms. The largest absolute Gasteiger partial charge is 0.368 e. The molecule has 8 nitrogen and oxygen atoms in total. The number of thioether (sulfide) groups is 1. The first-order valence-electron chi connectivity index (χ1n) is 8.43. The summed E-state index contributed by atoms with van der Waals surface area (Å²) < 4.78 is 0. The van der Waals surface area contributed by atoms with Crippen molar-refractivity contribution >= 4 is 51.4 Å². The van der Waals surface area contributed by atoms with Crippen LogP contribution in [0.3, 0.4) is 0 Å². The molecule has 0 fully saturated rings. The van der Waals surface area contributed by atoms with Crippen LogP contribution in [-0.2, 0) is 4.79 Å². The van der Waals surface area contributed by atoms with Crippen molar-refractivity contribution in [1.29, 1.82) is 0 Å². The van der Waals surface area contributed by atoms with Gasteiger partial charge in [-0.3, -0.25) is 9.78 Å². The van der Waals surface area contributed by atoms with Crippen molar-refractivity contribution in [3.05, 3.63) is 42.9 Å². The van der Waals surface area contributed by atoms with Crippen LogP contribution in [0.25, 0.3) is 22.1 Å². The fraction of sp³-hybridized carbons (Fsp3) is 0.167. The molecule has 4 rings (SSSR count). The Bertz CT molecular complexity index is 1130. The van der Waals surface area contributed by atoms with Crippen LogP contribution in [0.15, 0.2) is 47.9 Å². The zero-order valence-electron chi connectivity index (χ0n) is 14.5. The Labute approximate surface area is 159 Å². The molecule has 4 aromatic rings. The highest BCUT2D eigenvalue weighted by molar-refractivity contribution is 8.00. The second kappa shape index (κ2) is 7.20. The minimum Gasteiger partial charge on any atom is -0.368 e. The summed E-state index contributed by atoms with van der Waals surface area (Å²) in [4.78, 5) is 32.6. The molecule has 0 unspecified atom stereocenters. The van der Waals surface area contributed by atoms with Crippen LogP contribution in [0.4, 0.5) is 11.6 Å². The third-order valence-electron chi connectivity index (χ3n) is 4.06. The Morgan fingerprint density at radius 2 is 2.19 bits per heavy atom. The topological polar surface area (TPSA) is 122 Å². The van der Waals surface area contributed by atoms with Crippen molar-refractivity contribution in [1.82, 2.24) is 24.9 Å². The highest BCUT2D eigenvalue weighted by Crippen LogP contribution is 2.30. The number of hydrogen-bond acceptors (Lipinski definition) is 7. The van der Waals surface area contributed by atoms with E-state index in [2.05, 4.69) is 30.2 Å². The summed E-state index contributed by atoms with van der Waals surface area (Å²) >= 11 is 1.34. The molecule has 0 radical (unpaired) electrons. The molecule has 0 aliphatic carbocycles. The highest BCUT2D eigenvalue weighted by Gasteiger charge is 2.21. The number of nitrogens with one attached hydrogen (secondary N) is 2. The normalized spacial score (nSPS) is 12.3. The summed E-state index contributed by atoms with van der Waals surface area (Å²) in [5.41, 5.74) is 8.46. The number of fused-ring (bicyclic) bond motifs is 2. The van der Waals surface area contributed by atoms with E-state index >= 15 is 0 Å². The number of benzene rings is 1. The average molecular weight is 379 g/mol. The third-order valence-corrected chi connectivity index (χ3v) is 5.41. The van der Waals surface area contributed by atoms with Crippen LogP contribution >= 0.6 is 11.8 Å². The Morgan fingerprint density at radius 1 is 1.30 bits per heavy atom. The van der Waals surface area contributed by atoms with Crippen LogP contribution in [0.1, 0.15) is 13.3 Å². The number of pyridine rings is 1. The molecule has 3 aromatic heterocycles. The number of nitrogens with two attached hydrogens (primary N) is 1. The molecule has 0 aliphatic rings. The quantitative estimate of drug-likeness (QED) is 0.360. The van der Waals surface area contributed by atoms with Crippen LogP contribution in [0.5, 0.6) is 0 Å². The number of amides is 1. The summed E-state index contributed by atoms with van der Waals surface area (Å²) in [7, 11) is 0. The first-order valence-corrected chi connectivity index (χ1v) is 9.31. The summed E-state index contributed by atoms with van der Waals surface area (Å²) in [6.07, 6.45) is 3.89. The van der Waals surface area contributed by atoms with E-state index in [4.69, 9.17) is 5.73 Å². The molecule has 1 aromatic carbocycles. The number of nitrogen functional groups attached to an aromatic ring is 1. The molecule has 0 spiro atoms. The van der Waals surface area contributed by atoms with Crippen LogP contribution in [0.2, 0.25) is 0 Å². The SMILES string of the molecule is CC[C@@H](Sc1nc(N)nc2nc[nH]c12)C(=O)Nc1ccc2cccnc2c1. The van der Waals surface area contributed by atoms with E-state index in [1.165, 1.54) is 18.1 Å². The molecule has 3 heterocycles. The first-order chi connectivity index (χ1) is 13.1. The van der Waals surface area contributed by atoms with Crippen LogP contribution in [-0.4, -0.2) is 36.1 Å². The van der Waals surface area contributed by atoms with Crippen LogP contribution < -0.4 is 11.1 Å². The van der Waals surface area contributed by atoms with E-state index in [0.717, 1.165) is 10.9 Å². The van der Waals surface area contributed by atoms with E-state index in [-0.39, 0.29) is 17.1 Å². The fourth-order valence-corrected chi connectivity index (χ4v) is 3.75. The molecule has 1 amide bonds. The van der Waals surface area contributed by atoms with E-state index in [9.17, 15) is 4.79 Å². The predicted molar refractivity (Wildman–Crippen MR) is 106 cm³/mol. The number of imidazole rings is 1. The van der Waals surface area contributed by atoms with Gasteiger partial charge in [0.05, 0.1) is 17.1 Å². The monoisotopic (exact) mass is 379 g/mol. The van der Waals surface area contributed by atoms with Crippen molar-refractivity contribution in [3.63, 3.8) is 0 Å². The number of carbonyl (C=O) groups excluding carboxylic acids is 1. The van der Waals surface area contributed by atoms with E-state index < -0.39 is 0 Å². The van der Waals surface area contributed by atoms with Crippen molar-refractivity contribution in [2.24, 2.45) is 0 Å². The predicted octanol–water partition coefficient (Wildman–Crippen LogP) is 2.99. The maximum absolute atomic E-state index is 12.8. The zero-order valence-corrected chi connectivity index (χ0v) is 15.3. The lowest BCUT2D eigenvalue weighted by atomic mass is 10.2. The fourth-order valence-electron chi connectivity index (χ4n) is 2.73. The van der Waals surface area contributed by atoms with Crippen molar-refractivity contribution in [2.45, 2.75) is 23.6 Å². The summed E-state index contributed by atoms with van der Waals surface area (Å²) in [5.74, 6) is 0.0237. The molecular formula is C18H17N7OS. The number of aromatic nitrogens is 5. The summed E-state index contributed by atoms with van der Waals surface area (Å²) in [6.45, 7) is 1.95. The van der Waals surface area contributed by atoms with Gasteiger partial charge in [-0.1, -0.05) is 30.8 Å². The number of hydrogen-bond donors (Lipinski definition) is 3. The summed E-state index contributed by atoms with van der Waals surface area (Å²) in [6, 6.07) is 9.53. The first kappa shape index (κ1) is 17.2. The second-order valence-corrected chi connectivity index (χ2v) is 7.09. The standard InChI is InChI=1S/C18H17N7OS/c1-2-13(27-17-14-15(22-9-21-14)24-18(19)25-17)16(26)23-11-6-5-10-4-3-7-20-12(10)8-11/h3-9,13H,2H2,1H3,(H,23,26)(H3,19,21,22,24,25)/t13-/m1/s1. The summed E-state index contributed by atoms with van der Waals surface area (Å²) in [5, 5.41) is 4.25. The number of H-pyrrole nitrogens is 1. The molecule has 0 saturated carbocycles. The van der Waals surface area contributed by atoms with Gasteiger partial charge in [-0.05, 0) is 24.6 Å². The number of nitrogens with zero attached hydrogens (tertiary/aromatic N) is 4. The maximum Gasteiger partial charge on any atom is 0.237 e. The highest BCUT2D eigenvalue weighted by atomic mass is 32.2. The average Bonchev–Trinajstić information content (AvgIpc) is 3.14. The van der Waals surface area contributed by atoms with Gasteiger partial charge in [0.25, 0.3) is 0 Å². The van der Waals surface area contributed by atoms with E-state index in [1.807, 2.05) is 37.3 Å². The van der Waals surface area contributed by atoms with Crippen molar-refractivity contribution < 1.29 is 4.79 Å². The van der Waals surface area contributed by atoms with Gasteiger partial charge in [0.1, 0.15) is 10.5 Å². The maximum atomic E-state index is 12.8. The molecule has 9 heteroatoms. The molecule has 0 aliphatic heterocycles. The second-order valence-electron chi connectivity index (χ2n) is 5.90. The number of rotatable bonds is 5. The Balaban J connectivity index is 1.56. The van der Waals surface area contributed by atoms with E-state index in [0.29, 0.717) is 28.3 Å². The molecule has 0 saturated heterocycles. The Morgan fingerprint density at radius 3 is 3.04 bits per heavy atom. The van der Waals surface area contributed by atoms with Gasteiger partial charge in [-0.2, -0.15) is 4.98 Å². The lowest BCUT2D eigenvalue weighted by Gasteiger charge is -2.15. The van der Waals surface area contributed by atoms with Gasteiger partial charge in [0.15, 0.2) is 5.65 Å². The van der Waals surface area contributed by atoms with Gasteiger partial charge < -0.3 is 16.0 Å². The number of anilines is 2. The molecule has 1 atom stereocenters. The van der Waals surface area contributed by atoms with Crippen LogP contribution in [0, 0.1) is 0 Å². The van der Waals surface area contributed by atoms with Gasteiger partial charge in [0, 0.05) is 17.3 Å². The van der Waals surface area contributed by atoms with Gasteiger partial charge in [-0.25, -0.2) is 9.97 Å².